The molecule has 29 heavy (non-hydrogen) atoms. The summed E-state index contributed by atoms with van der Waals surface area (Å²) in [7, 11) is 3.28. The number of aromatic nitrogens is 1. The van der Waals surface area contributed by atoms with Gasteiger partial charge in [0.25, 0.3) is 5.91 Å². The van der Waals surface area contributed by atoms with Gasteiger partial charge in [0.15, 0.2) is 0 Å². The van der Waals surface area contributed by atoms with Crippen molar-refractivity contribution in [1.29, 1.82) is 0 Å². The molecule has 0 aliphatic carbocycles. The van der Waals surface area contributed by atoms with Crippen LogP contribution in [0.3, 0.4) is 0 Å². The van der Waals surface area contributed by atoms with Crippen molar-refractivity contribution >= 4 is 5.91 Å². The smallest absolute Gasteiger partial charge is 0.255 e. The normalized spacial score (nSPS) is 13.6. The number of rotatable bonds is 5. The first-order chi connectivity index (χ1) is 14.1. The summed E-state index contributed by atoms with van der Waals surface area (Å²) >= 11 is 0. The van der Waals surface area contributed by atoms with E-state index in [1.165, 1.54) is 0 Å². The molecule has 0 radical (unpaired) electrons. The van der Waals surface area contributed by atoms with E-state index < -0.39 is 0 Å². The standard InChI is InChI=1S/C24H26N2O3/c1-17-20(24(27)25-13-7-8-14-25)16-22(18-9-5-4-6-10-18)26(17)21-12-11-19(28-2)15-23(21)29-3/h4-6,9-12,15-16H,7-8,13-14H2,1-3H3. The molecule has 3 aromatic rings. The highest BCUT2D eigenvalue weighted by molar-refractivity contribution is 5.97. The molecule has 1 amide bonds. The molecule has 1 saturated heterocycles. The van der Waals surface area contributed by atoms with E-state index in [2.05, 4.69) is 16.7 Å². The lowest BCUT2D eigenvalue weighted by molar-refractivity contribution is 0.0792. The summed E-state index contributed by atoms with van der Waals surface area (Å²) < 4.78 is 13.1. The predicted octanol–water partition coefficient (Wildman–Crippen LogP) is 4.71. The first-order valence-corrected chi connectivity index (χ1v) is 9.93. The number of carbonyl (C=O) groups excluding carboxylic acids is 1. The van der Waals surface area contributed by atoms with Gasteiger partial charge in [-0.2, -0.15) is 0 Å². The van der Waals surface area contributed by atoms with Crippen LogP contribution < -0.4 is 9.47 Å². The number of ether oxygens (including phenoxy) is 2. The Balaban J connectivity index is 1.91. The van der Waals surface area contributed by atoms with Crippen LogP contribution in [0.5, 0.6) is 11.5 Å². The van der Waals surface area contributed by atoms with Gasteiger partial charge in [0, 0.05) is 24.8 Å². The van der Waals surface area contributed by atoms with Crippen molar-refractivity contribution in [3.8, 4) is 28.4 Å². The topological polar surface area (TPSA) is 43.7 Å². The molecule has 0 spiro atoms. The lowest BCUT2D eigenvalue weighted by Crippen LogP contribution is -2.27. The second-order valence-electron chi connectivity index (χ2n) is 7.27. The van der Waals surface area contributed by atoms with Gasteiger partial charge in [-0.25, -0.2) is 0 Å². The lowest BCUT2D eigenvalue weighted by atomic mass is 10.1. The number of benzene rings is 2. The van der Waals surface area contributed by atoms with Gasteiger partial charge in [-0.15, -0.1) is 0 Å². The molecule has 5 heteroatoms. The Labute approximate surface area is 171 Å². The van der Waals surface area contributed by atoms with Crippen LogP contribution in [0, 0.1) is 6.92 Å². The number of methoxy groups -OCH3 is 2. The molecule has 4 rings (SSSR count). The first-order valence-electron chi connectivity index (χ1n) is 9.93. The summed E-state index contributed by atoms with van der Waals surface area (Å²) in [5.74, 6) is 1.52. The SMILES string of the molecule is COc1ccc(-n2c(-c3ccccc3)cc(C(=O)N3CCCC3)c2C)c(OC)c1. The monoisotopic (exact) mass is 390 g/mol. The minimum atomic E-state index is 0.100. The Kier molecular flexibility index (Phi) is 5.30. The van der Waals surface area contributed by atoms with Gasteiger partial charge in [-0.1, -0.05) is 30.3 Å². The number of hydrogen-bond donors (Lipinski definition) is 0. The van der Waals surface area contributed by atoms with Gasteiger partial charge in [0.1, 0.15) is 11.5 Å². The average Bonchev–Trinajstić information content (AvgIpc) is 3.42. The molecule has 0 saturated carbocycles. The molecule has 1 aliphatic rings. The van der Waals surface area contributed by atoms with Crippen LogP contribution in [-0.2, 0) is 0 Å². The molecule has 0 bridgehead atoms. The fraction of sp³-hybridized carbons (Fsp3) is 0.292. The van der Waals surface area contributed by atoms with Gasteiger partial charge in [-0.05, 0) is 43.5 Å². The second-order valence-corrected chi connectivity index (χ2v) is 7.27. The summed E-state index contributed by atoms with van der Waals surface area (Å²) in [6.07, 6.45) is 2.15. The molecule has 0 atom stereocenters. The van der Waals surface area contributed by atoms with E-state index in [0.29, 0.717) is 5.75 Å². The molecule has 2 aromatic carbocycles. The Hall–Kier alpha value is -3.21. The molecule has 2 heterocycles. The zero-order valence-corrected chi connectivity index (χ0v) is 17.1. The van der Waals surface area contributed by atoms with Crippen molar-refractivity contribution in [2.75, 3.05) is 27.3 Å². The summed E-state index contributed by atoms with van der Waals surface area (Å²) in [6.45, 7) is 3.66. The van der Waals surface area contributed by atoms with Gasteiger partial charge in [0.2, 0.25) is 0 Å². The van der Waals surface area contributed by atoms with Crippen molar-refractivity contribution in [2.24, 2.45) is 0 Å². The molecule has 1 aliphatic heterocycles. The van der Waals surface area contributed by atoms with E-state index in [-0.39, 0.29) is 5.91 Å². The van der Waals surface area contributed by atoms with E-state index in [1.54, 1.807) is 14.2 Å². The Bertz CT molecular complexity index is 1020. The number of carbonyl (C=O) groups is 1. The van der Waals surface area contributed by atoms with Crippen LogP contribution in [0.15, 0.2) is 54.6 Å². The van der Waals surface area contributed by atoms with E-state index >= 15 is 0 Å². The lowest BCUT2D eigenvalue weighted by Gasteiger charge is -2.17. The third-order valence-corrected chi connectivity index (χ3v) is 5.57. The number of likely N-dealkylation sites (tertiary alicyclic amines) is 1. The summed E-state index contributed by atoms with van der Waals surface area (Å²) in [5.41, 5.74) is 4.54. The molecular weight excluding hydrogens is 364 g/mol. The van der Waals surface area contributed by atoms with Gasteiger partial charge in [-0.3, -0.25) is 4.79 Å². The van der Waals surface area contributed by atoms with Gasteiger partial charge in [0.05, 0.1) is 31.2 Å². The van der Waals surface area contributed by atoms with Crippen molar-refractivity contribution in [1.82, 2.24) is 9.47 Å². The van der Waals surface area contributed by atoms with Crippen LogP contribution in [-0.4, -0.2) is 42.7 Å². The van der Waals surface area contributed by atoms with Crippen molar-refractivity contribution in [3.05, 3.63) is 65.9 Å². The summed E-state index contributed by atoms with van der Waals surface area (Å²) in [5, 5.41) is 0. The number of amides is 1. The highest BCUT2D eigenvalue weighted by Gasteiger charge is 2.26. The average molecular weight is 390 g/mol. The summed E-state index contributed by atoms with van der Waals surface area (Å²) in [4.78, 5) is 15.2. The van der Waals surface area contributed by atoms with Crippen LogP contribution in [0.1, 0.15) is 28.9 Å². The fourth-order valence-corrected chi connectivity index (χ4v) is 4.02. The first kappa shape index (κ1) is 19.1. The zero-order valence-electron chi connectivity index (χ0n) is 17.1. The Morgan fingerprint density at radius 3 is 2.31 bits per heavy atom. The maximum Gasteiger partial charge on any atom is 0.255 e. The van der Waals surface area contributed by atoms with Gasteiger partial charge < -0.3 is 18.9 Å². The van der Waals surface area contributed by atoms with Crippen molar-refractivity contribution in [2.45, 2.75) is 19.8 Å². The molecule has 0 unspecified atom stereocenters. The number of hydrogen-bond acceptors (Lipinski definition) is 3. The zero-order chi connectivity index (χ0) is 20.4. The van der Waals surface area contributed by atoms with Crippen LogP contribution in [0.4, 0.5) is 0 Å². The third kappa shape index (κ3) is 3.48. The van der Waals surface area contributed by atoms with E-state index in [0.717, 1.165) is 59.9 Å². The van der Waals surface area contributed by atoms with E-state index in [1.807, 2.05) is 54.3 Å². The highest BCUT2D eigenvalue weighted by atomic mass is 16.5. The molecule has 1 fully saturated rings. The Morgan fingerprint density at radius 2 is 1.66 bits per heavy atom. The third-order valence-electron chi connectivity index (χ3n) is 5.57. The largest absolute Gasteiger partial charge is 0.497 e. The predicted molar refractivity (Wildman–Crippen MR) is 114 cm³/mol. The van der Waals surface area contributed by atoms with Crippen LogP contribution in [0.25, 0.3) is 16.9 Å². The number of nitrogens with zero attached hydrogens (tertiary/aromatic N) is 2. The second kappa shape index (κ2) is 8.03. The van der Waals surface area contributed by atoms with Crippen LogP contribution >= 0.6 is 0 Å². The maximum atomic E-state index is 13.2. The highest BCUT2D eigenvalue weighted by Crippen LogP contribution is 2.36. The van der Waals surface area contributed by atoms with E-state index in [9.17, 15) is 4.79 Å². The minimum absolute atomic E-state index is 0.100. The summed E-state index contributed by atoms with van der Waals surface area (Å²) in [6, 6.07) is 17.9. The van der Waals surface area contributed by atoms with E-state index in [4.69, 9.17) is 9.47 Å². The quantitative estimate of drug-likeness (QED) is 0.634. The molecule has 0 N–H and O–H groups in total. The van der Waals surface area contributed by atoms with Crippen LogP contribution in [0.2, 0.25) is 0 Å². The molecule has 5 nitrogen and oxygen atoms in total. The van der Waals surface area contributed by atoms with Gasteiger partial charge >= 0.3 is 0 Å². The maximum absolute atomic E-state index is 13.2. The van der Waals surface area contributed by atoms with Crippen molar-refractivity contribution < 1.29 is 14.3 Å². The molecular formula is C24H26N2O3. The minimum Gasteiger partial charge on any atom is -0.497 e. The van der Waals surface area contributed by atoms with Crippen molar-refractivity contribution in [3.63, 3.8) is 0 Å². The Morgan fingerprint density at radius 1 is 0.931 bits per heavy atom. The molecule has 1 aromatic heterocycles. The molecule has 150 valence electrons. The fourth-order valence-electron chi connectivity index (χ4n) is 4.02.